The molecule has 0 spiro atoms. The summed E-state index contributed by atoms with van der Waals surface area (Å²) in [5.41, 5.74) is 14.2. The number of nitrogens with zero attached hydrogens (tertiary/aromatic N) is 2. The maximum atomic E-state index is 2.42. The molecule has 0 fully saturated rings. The van der Waals surface area contributed by atoms with Gasteiger partial charge in [-0.25, -0.2) is 0 Å². The fourth-order valence-corrected chi connectivity index (χ4v) is 9.72. The van der Waals surface area contributed by atoms with Crippen LogP contribution < -0.4 is 4.90 Å². The van der Waals surface area contributed by atoms with Crippen molar-refractivity contribution in [2.24, 2.45) is 0 Å². The Hall–Kier alpha value is -7.20. The Morgan fingerprint density at radius 1 is 0.333 bits per heavy atom. The van der Waals surface area contributed by atoms with Crippen molar-refractivity contribution in [3.05, 3.63) is 218 Å². The van der Waals surface area contributed by atoms with E-state index in [1.165, 1.54) is 75.4 Å². The number of fused-ring (bicyclic) bond motifs is 6. The Morgan fingerprint density at radius 3 is 1.65 bits per heavy atom. The molecule has 2 heterocycles. The van der Waals surface area contributed by atoms with Gasteiger partial charge >= 0.3 is 0 Å². The van der Waals surface area contributed by atoms with Gasteiger partial charge in [0.05, 0.1) is 11.0 Å². The molecule has 11 aromatic rings. The third-order valence-electron chi connectivity index (χ3n) is 11.2. The van der Waals surface area contributed by atoms with E-state index in [2.05, 4.69) is 228 Å². The molecule has 0 N–H and O–H groups in total. The molecule has 0 bridgehead atoms. The highest BCUT2D eigenvalue weighted by molar-refractivity contribution is 7.26. The predicted octanol–water partition coefficient (Wildman–Crippen LogP) is 15.6. The van der Waals surface area contributed by atoms with Gasteiger partial charge in [-0.1, -0.05) is 146 Å². The smallest absolute Gasteiger partial charge is 0.0541 e. The third kappa shape index (κ3) is 5.80. The molecule has 2 aromatic heterocycles. The topological polar surface area (TPSA) is 8.17 Å². The highest BCUT2D eigenvalue weighted by Crippen LogP contribution is 2.42. The van der Waals surface area contributed by atoms with Crippen LogP contribution in [0.25, 0.3) is 81.0 Å². The largest absolute Gasteiger partial charge is 0.311 e. The van der Waals surface area contributed by atoms with Crippen LogP contribution in [0, 0.1) is 0 Å². The van der Waals surface area contributed by atoms with E-state index in [4.69, 9.17) is 0 Å². The lowest BCUT2D eigenvalue weighted by Crippen LogP contribution is -2.09. The Kier molecular flexibility index (Phi) is 8.04. The Bertz CT molecular complexity index is 3210. The Balaban J connectivity index is 0.967. The first-order chi connectivity index (χ1) is 28.3. The van der Waals surface area contributed by atoms with Gasteiger partial charge < -0.3 is 9.47 Å². The van der Waals surface area contributed by atoms with Crippen molar-refractivity contribution < 1.29 is 0 Å². The highest BCUT2D eigenvalue weighted by Gasteiger charge is 2.17. The number of para-hydroxylation sites is 2. The molecule has 57 heavy (non-hydrogen) atoms. The fourth-order valence-electron chi connectivity index (χ4n) is 8.48. The minimum atomic E-state index is 1.11. The van der Waals surface area contributed by atoms with Gasteiger partial charge in [0.25, 0.3) is 0 Å². The van der Waals surface area contributed by atoms with Gasteiger partial charge in [0.2, 0.25) is 0 Å². The maximum absolute atomic E-state index is 2.42. The normalized spacial score (nSPS) is 11.5. The van der Waals surface area contributed by atoms with Crippen molar-refractivity contribution in [2.75, 3.05) is 4.90 Å². The summed E-state index contributed by atoms with van der Waals surface area (Å²) < 4.78 is 5.08. The summed E-state index contributed by atoms with van der Waals surface area (Å²) in [6, 6.07) is 79.2. The van der Waals surface area contributed by atoms with E-state index in [1.54, 1.807) is 0 Å². The first-order valence-corrected chi connectivity index (χ1v) is 20.2. The quantitative estimate of drug-likeness (QED) is 0.158. The average molecular weight is 745 g/mol. The summed E-state index contributed by atoms with van der Waals surface area (Å²) in [5, 5.41) is 5.14. The van der Waals surface area contributed by atoms with Crippen molar-refractivity contribution in [1.29, 1.82) is 0 Å². The molecule has 0 saturated carbocycles. The van der Waals surface area contributed by atoms with Gasteiger partial charge in [0, 0.05) is 53.7 Å². The molecule has 268 valence electrons. The molecule has 0 saturated heterocycles. The standard InChI is InChI=1S/C54H36N2S/c1-3-13-37(14-4-1)38-25-30-43(31-26-38)55(42-16-5-2-6-17-42)44-32-27-39(28-33-44)40-29-34-52-50(36-40)47-19-7-9-23-51(47)56(52)45-18-11-15-41(35-45)46-21-12-22-49-48-20-8-10-24-53(48)57-54(46)49/h1-36H. The lowest BCUT2D eigenvalue weighted by molar-refractivity contribution is 1.18. The van der Waals surface area contributed by atoms with Gasteiger partial charge in [-0.05, 0) is 106 Å². The van der Waals surface area contributed by atoms with Crippen LogP contribution in [0.5, 0.6) is 0 Å². The van der Waals surface area contributed by atoms with E-state index in [9.17, 15) is 0 Å². The lowest BCUT2D eigenvalue weighted by atomic mass is 10.0. The fraction of sp³-hybridized carbons (Fsp3) is 0. The molecule has 0 aliphatic carbocycles. The molecular weight excluding hydrogens is 709 g/mol. The maximum Gasteiger partial charge on any atom is 0.0541 e. The number of aromatic nitrogens is 1. The predicted molar refractivity (Wildman–Crippen MR) is 245 cm³/mol. The van der Waals surface area contributed by atoms with Crippen LogP contribution in [0.3, 0.4) is 0 Å². The number of anilines is 3. The summed E-state index contributed by atoms with van der Waals surface area (Å²) in [6.07, 6.45) is 0. The molecule has 2 nitrogen and oxygen atoms in total. The number of hydrogen-bond donors (Lipinski definition) is 0. The van der Waals surface area contributed by atoms with E-state index in [1.807, 2.05) is 11.3 Å². The third-order valence-corrected chi connectivity index (χ3v) is 12.4. The molecule has 0 atom stereocenters. The number of hydrogen-bond acceptors (Lipinski definition) is 2. The monoisotopic (exact) mass is 744 g/mol. The van der Waals surface area contributed by atoms with Crippen molar-refractivity contribution in [1.82, 2.24) is 4.57 Å². The summed E-state index contributed by atoms with van der Waals surface area (Å²) in [7, 11) is 0. The zero-order valence-electron chi connectivity index (χ0n) is 31.1. The van der Waals surface area contributed by atoms with Crippen LogP contribution in [0.15, 0.2) is 218 Å². The summed E-state index contributed by atoms with van der Waals surface area (Å²) in [6.45, 7) is 0. The van der Waals surface area contributed by atoms with Crippen LogP contribution in [0.2, 0.25) is 0 Å². The van der Waals surface area contributed by atoms with Crippen LogP contribution in [0.1, 0.15) is 0 Å². The molecule has 0 amide bonds. The second kappa shape index (κ2) is 13.8. The number of rotatable bonds is 7. The van der Waals surface area contributed by atoms with E-state index < -0.39 is 0 Å². The van der Waals surface area contributed by atoms with E-state index >= 15 is 0 Å². The second-order valence-electron chi connectivity index (χ2n) is 14.5. The van der Waals surface area contributed by atoms with Crippen molar-refractivity contribution >= 4 is 70.4 Å². The summed E-state index contributed by atoms with van der Waals surface area (Å²) in [4.78, 5) is 2.32. The van der Waals surface area contributed by atoms with E-state index in [-0.39, 0.29) is 0 Å². The van der Waals surface area contributed by atoms with Crippen LogP contribution in [-0.2, 0) is 0 Å². The minimum Gasteiger partial charge on any atom is -0.311 e. The first-order valence-electron chi connectivity index (χ1n) is 19.4. The first kappa shape index (κ1) is 33.2. The van der Waals surface area contributed by atoms with Crippen LogP contribution >= 0.6 is 11.3 Å². The molecule has 0 aliphatic rings. The minimum absolute atomic E-state index is 1.11. The molecule has 9 aromatic carbocycles. The highest BCUT2D eigenvalue weighted by atomic mass is 32.1. The summed E-state index contributed by atoms with van der Waals surface area (Å²) >= 11 is 1.88. The zero-order chi connectivity index (χ0) is 37.7. The molecule has 11 rings (SSSR count). The van der Waals surface area contributed by atoms with Gasteiger partial charge in [-0.2, -0.15) is 0 Å². The zero-order valence-corrected chi connectivity index (χ0v) is 31.9. The van der Waals surface area contributed by atoms with Crippen molar-refractivity contribution in [3.8, 4) is 39.1 Å². The summed E-state index contributed by atoms with van der Waals surface area (Å²) in [5.74, 6) is 0. The molecule has 0 aliphatic heterocycles. The van der Waals surface area contributed by atoms with Gasteiger partial charge in [0.15, 0.2) is 0 Å². The van der Waals surface area contributed by atoms with Gasteiger partial charge in [0.1, 0.15) is 0 Å². The second-order valence-corrected chi connectivity index (χ2v) is 15.6. The lowest BCUT2D eigenvalue weighted by Gasteiger charge is -2.26. The van der Waals surface area contributed by atoms with Crippen LogP contribution in [0.4, 0.5) is 17.1 Å². The molecule has 3 heteroatoms. The molecule has 0 unspecified atom stereocenters. The van der Waals surface area contributed by atoms with Gasteiger partial charge in [-0.15, -0.1) is 11.3 Å². The number of thiophene rings is 1. The van der Waals surface area contributed by atoms with E-state index in [0.29, 0.717) is 0 Å². The van der Waals surface area contributed by atoms with Crippen molar-refractivity contribution in [2.45, 2.75) is 0 Å². The Morgan fingerprint density at radius 2 is 0.877 bits per heavy atom. The van der Waals surface area contributed by atoms with Gasteiger partial charge in [-0.3, -0.25) is 0 Å². The molecular formula is C54H36N2S. The molecule has 0 radical (unpaired) electrons. The van der Waals surface area contributed by atoms with E-state index in [0.717, 1.165) is 22.7 Å². The average Bonchev–Trinajstić information content (AvgIpc) is 3.83. The van der Waals surface area contributed by atoms with Crippen molar-refractivity contribution in [3.63, 3.8) is 0 Å². The SMILES string of the molecule is c1ccc(-c2ccc(N(c3ccccc3)c3ccc(-c4ccc5c(c4)c4ccccc4n5-c4cccc(-c5cccc6c5sc5ccccc56)c4)cc3)cc2)cc1. The Labute approximate surface area is 335 Å². The number of benzene rings is 9. The van der Waals surface area contributed by atoms with Crippen LogP contribution in [-0.4, -0.2) is 4.57 Å².